The van der Waals surface area contributed by atoms with Crippen molar-refractivity contribution in [2.24, 2.45) is 5.41 Å². The summed E-state index contributed by atoms with van der Waals surface area (Å²) in [5, 5.41) is 10.7. The fourth-order valence-electron chi connectivity index (χ4n) is 3.53. The van der Waals surface area contributed by atoms with Crippen LogP contribution in [0.3, 0.4) is 0 Å². The number of ketones is 1. The molecule has 1 N–H and O–H groups in total. The number of ether oxygens (including phenoxy) is 1. The molecule has 1 aromatic heterocycles. The first kappa shape index (κ1) is 20.6. The number of carbonyl (C=O) groups is 2. The van der Waals surface area contributed by atoms with Crippen molar-refractivity contribution in [2.75, 3.05) is 13.7 Å². The molecule has 3 rings (SSSR count). The molecular formula is C23H26N2O4. The Bertz CT molecular complexity index is 945. The van der Waals surface area contributed by atoms with E-state index in [1.165, 1.54) is 0 Å². The van der Waals surface area contributed by atoms with Gasteiger partial charge in [0.25, 0.3) is 5.91 Å². The zero-order valence-electron chi connectivity index (χ0n) is 17.2. The number of aromatic nitrogens is 1. The number of aliphatic hydroxyl groups excluding tert-OH is 1. The standard InChI is InChI=1S/C23H26N2O4/c1-23(2,3)21(27)18-19(16-9-5-6-10-17(16)29-4)25(22(28)20(18)26)13-11-15-8-7-12-24-14-15/h5-10,12,14,19,26H,11,13H2,1-4H3. The average Bonchev–Trinajstić information content (AvgIpc) is 2.96. The number of pyridine rings is 1. The third-order valence-electron chi connectivity index (χ3n) is 5.03. The van der Waals surface area contributed by atoms with E-state index in [-0.39, 0.29) is 11.4 Å². The molecule has 1 atom stereocenters. The number of aliphatic hydroxyl groups is 1. The maximum absolute atomic E-state index is 13.2. The number of Topliss-reactive ketones (excluding diaryl/α,β-unsaturated/α-hetero) is 1. The van der Waals surface area contributed by atoms with Crippen molar-refractivity contribution in [3.05, 3.63) is 71.3 Å². The lowest BCUT2D eigenvalue weighted by atomic mass is 9.82. The highest BCUT2D eigenvalue weighted by Gasteiger charge is 2.46. The van der Waals surface area contributed by atoms with Crippen LogP contribution in [0.2, 0.25) is 0 Å². The third-order valence-corrected chi connectivity index (χ3v) is 5.03. The Morgan fingerprint density at radius 3 is 2.55 bits per heavy atom. The van der Waals surface area contributed by atoms with E-state index in [4.69, 9.17) is 4.74 Å². The van der Waals surface area contributed by atoms with Crippen LogP contribution in [0.5, 0.6) is 5.75 Å². The van der Waals surface area contributed by atoms with E-state index >= 15 is 0 Å². The highest BCUT2D eigenvalue weighted by atomic mass is 16.5. The van der Waals surface area contributed by atoms with Gasteiger partial charge >= 0.3 is 0 Å². The summed E-state index contributed by atoms with van der Waals surface area (Å²) in [6, 6.07) is 10.3. The van der Waals surface area contributed by atoms with Crippen LogP contribution in [0.25, 0.3) is 0 Å². The zero-order valence-corrected chi connectivity index (χ0v) is 17.2. The molecule has 1 aromatic carbocycles. The second-order valence-electron chi connectivity index (χ2n) is 8.10. The molecule has 2 heterocycles. The van der Waals surface area contributed by atoms with E-state index in [2.05, 4.69) is 4.98 Å². The van der Waals surface area contributed by atoms with Crippen LogP contribution in [-0.4, -0.2) is 40.3 Å². The minimum atomic E-state index is -0.747. The summed E-state index contributed by atoms with van der Waals surface area (Å²) < 4.78 is 5.49. The van der Waals surface area contributed by atoms with Crippen molar-refractivity contribution in [1.82, 2.24) is 9.88 Å². The monoisotopic (exact) mass is 394 g/mol. The van der Waals surface area contributed by atoms with Crippen LogP contribution in [0.15, 0.2) is 60.1 Å². The molecule has 0 saturated heterocycles. The van der Waals surface area contributed by atoms with Gasteiger partial charge in [-0.1, -0.05) is 45.0 Å². The number of para-hydroxylation sites is 1. The zero-order chi connectivity index (χ0) is 21.2. The summed E-state index contributed by atoms with van der Waals surface area (Å²) in [4.78, 5) is 31.8. The summed E-state index contributed by atoms with van der Waals surface area (Å²) in [7, 11) is 1.55. The van der Waals surface area contributed by atoms with Crippen molar-refractivity contribution in [3.8, 4) is 5.75 Å². The lowest BCUT2D eigenvalue weighted by molar-refractivity contribution is -0.129. The number of hydrogen-bond donors (Lipinski definition) is 1. The SMILES string of the molecule is COc1ccccc1C1C(C(=O)C(C)(C)C)=C(O)C(=O)N1CCc1cccnc1. The quantitative estimate of drug-likeness (QED) is 0.809. The largest absolute Gasteiger partial charge is 0.503 e. The van der Waals surface area contributed by atoms with E-state index in [0.717, 1.165) is 5.56 Å². The molecule has 0 fully saturated rings. The van der Waals surface area contributed by atoms with Gasteiger partial charge in [-0.05, 0) is 24.1 Å². The van der Waals surface area contributed by atoms with E-state index in [9.17, 15) is 14.7 Å². The minimum absolute atomic E-state index is 0.123. The van der Waals surface area contributed by atoms with Gasteiger partial charge in [0.1, 0.15) is 5.75 Å². The Kier molecular flexibility index (Phi) is 5.73. The van der Waals surface area contributed by atoms with Crippen LogP contribution in [0.4, 0.5) is 0 Å². The number of rotatable bonds is 6. The second-order valence-corrected chi connectivity index (χ2v) is 8.10. The molecule has 0 radical (unpaired) electrons. The van der Waals surface area contributed by atoms with Gasteiger partial charge in [-0.25, -0.2) is 0 Å². The van der Waals surface area contributed by atoms with E-state index in [1.807, 2.05) is 30.3 Å². The summed E-state index contributed by atoms with van der Waals surface area (Å²) in [6.07, 6.45) is 3.98. The maximum Gasteiger partial charge on any atom is 0.290 e. The predicted molar refractivity (Wildman–Crippen MR) is 110 cm³/mol. The van der Waals surface area contributed by atoms with Gasteiger partial charge in [-0.3, -0.25) is 14.6 Å². The second kappa shape index (κ2) is 8.07. The smallest absolute Gasteiger partial charge is 0.290 e. The van der Waals surface area contributed by atoms with Crippen LogP contribution in [0.1, 0.15) is 37.9 Å². The number of hydrogen-bond acceptors (Lipinski definition) is 5. The van der Waals surface area contributed by atoms with Gasteiger partial charge in [0.15, 0.2) is 11.5 Å². The van der Waals surface area contributed by atoms with E-state index in [1.54, 1.807) is 51.2 Å². The molecule has 0 aliphatic carbocycles. The summed E-state index contributed by atoms with van der Waals surface area (Å²) in [6.45, 7) is 5.66. The molecule has 2 aromatic rings. The molecule has 1 unspecified atom stereocenters. The van der Waals surface area contributed by atoms with Crippen molar-refractivity contribution in [1.29, 1.82) is 0 Å². The Morgan fingerprint density at radius 2 is 1.93 bits per heavy atom. The molecular weight excluding hydrogens is 368 g/mol. The number of nitrogens with zero attached hydrogens (tertiary/aromatic N) is 2. The fourth-order valence-corrected chi connectivity index (χ4v) is 3.53. The van der Waals surface area contributed by atoms with Crippen molar-refractivity contribution < 1.29 is 19.4 Å². The van der Waals surface area contributed by atoms with Gasteiger partial charge < -0.3 is 14.7 Å². The summed E-state index contributed by atoms with van der Waals surface area (Å²) in [5.41, 5.74) is 1.02. The molecule has 1 amide bonds. The van der Waals surface area contributed by atoms with Gasteiger partial charge in [0, 0.05) is 29.9 Å². The molecule has 0 spiro atoms. The summed E-state index contributed by atoms with van der Waals surface area (Å²) in [5.74, 6) is -0.724. The molecule has 1 aliphatic heterocycles. The molecule has 1 aliphatic rings. The van der Waals surface area contributed by atoms with Gasteiger partial charge in [-0.15, -0.1) is 0 Å². The Morgan fingerprint density at radius 1 is 1.21 bits per heavy atom. The highest BCUT2D eigenvalue weighted by Crippen LogP contribution is 2.43. The van der Waals surface area contributed by atoms with Gasteiger partial charge in [-0.2, -0.15) is 0 Å². The molecule has 6 nitrogen and oxygen atoms in total. The van der Waals surface area contributed by atoms with Crippen LogP contribution in [0, 0.1) is 5.41 Å². The predicted octanol–water partition coefficient (Wildman–Crippen LogP) is 3.64. The fraction of sp³-hybridized carbons (Fsp3) is 0.348. The average molecular weight is 394 g/mol. The number of carbonyl (C=O) groups excluding carboxylic acids is 2. The minimum Gasteiger partial charge on any atom is -0.503 e. The normalized spacial score (nSPS) is 17.0. The third kappa shape index (κ3) is 4.01. The van der Waals surface area contributed by atoms with E-state index in [0.29, 0.717) is 24.3 Å². The molecule has 152 valence electrons. The Labute approximate surface area is 170 Å². The molecule has 0 saturated carbocycles. The van der Waals surface area contributed by atoms with Crippen molar-refractivity contribution in [3.63, 3.8) is 0 Å². The van der Waals surface area contributed by atoms with Crippen molar-refractivity contribution in [2.45, 2.75) is 33.2 Å². The number of methoxy groups -OCH3 is 1. The number of amides is 1. The summed E-state index contributed by atoms with van der Waals surface area (Å²) >= 11 is 0. The first-order valence-corrected chi connectivity index (χ1v) is 9.56. The van der Waals surface area contributed by atoms with Crippen molar-refractivity contribution >= 4 is 11.7 Å². The Balaban J connectivity index is 2.05. The molecule has 0 bridgehead atoms. The molecule has 6 heteroatoms. The first-order valence-electron chi connectivity index (χ1n) is 9.56. The van der Waals surface area contributed by atoms with Gasteiger partial charge in [0.2, 0.25) is 0 Å². The van der Waals surface area contributed by atoms with E-state index < -0.39 is 23.1 Å². The lowest BCUT2D eigenvalue weighted by Crippen LogP contribution is -2.34. The number of benzene rings is 1. The highest BCUT2D eigenvalue weighted by molar-refractivity contribution is 6.10. The first-order chi connectivity index (χ1) is 13.8. The Hall–Kier alpha value is -3.15. The maximum atomic E-state index is 13.2. The van der Waals surface area contributed by atoms with Crippen LogP contribution < -0.4 is 4.74 Å². The lowest BCUT2D eigenvalue weighted by Gasteiger charge is -2.29. The van der Waals surface area contributed by atoms with Crippen LogP contribution in [-0.2, 0) is 16.0 Å². The van der Waals surface area contributed by atoms with Gasteiger partial charge in [0.05, 0.1) is 18.7 Å². The topological polar surface area (TPSA) is 79.7 Å². The molecule has 29 heavy (non-hydrogen) atoms. The van der Waals surface area contributed by atoms with Crippen LogP contribution >= 0.6 is 0 Å².